The Labute approximate surface area is 160 Å². The number of carbonyl (C=O) groups is 1. The molecule has 0 aromatic heterocycles. The van der Waals surface area contributed by atoms with Crippen LogP contribution < -0.4 is 14.8 Å². The minimum absolute atomic E-state index is 0.00214. The summed E-state index contributed by atoms with van der Waals surface area (Å²) < 4.78 is 33.3. The Morgan fingerprint density at radius 2 is 1.81 bits per heavy atom. The summed E-state index contributed by atoms with van der Waals surface area (Å²) in [6.07, 6.45) is 3.69. The van der Waals surface area contributed by atoms with Crippen LogP contribution in [0.15, 0.2) is 23.1 Å². The molecule has 7 nitrogen and oxygen atoms in total. The fourth-order valence-electron chi connectivity index (χ4n) is 4.11. The maximum atomic E-state index is 13.0. The van der Waals surface area contributed by atoms with Crippen LogP contribution in [0.3, 0.4) is 0 Å². The van der Waals surface area contributed by atoms with Gasteiger partial charge in [-0.2, -0.15) is 0 Å². The highest BCUT2D eigenvalue weighted by molar-refractivity contribution is 7.89. The summed E-state index contributed by atoms with van der Waals surface area (Å²) in [4.78, 5) is 14.9. The van der Waals surface area contributed by atoms with Gasteiger partial charge in [-0.15, -0.1) is 0 Å². The summed E-state index contributed by atoms with van der Waals surface area (Å²) in [7, 11) is -2.26. The number of amides is 1. The Bertz CT molecular complexity index is 808. The lowest BCUT2D eigenvalue weighted by molar-refractivity contribution is 0.0758. The Hall–Kier alpha value is -1.64. The second-order valence-corrected chi connectivity index (χ2v) is 9.49. The Morgan fingerprint density at radius 1 is 1.15 bits per heavy atom. The Kier molecular flexibility index (Phi) is 5.13. The van der Waals surface area contributed by atoms with Gasteiger partial charge in [-0.25, -0.2) is 13.1 Å². The van der Waals surface area contributed by atoms with E-state index in [9.17, 15) is 13.2 Å². The predicted molar refractivity (Wildman–Crippen MR) is 101 cm³/mol. The fourth-order valence-corrected chi connectivity index (χ4v) is 5.61. The average Bonchev–Trinajstić information content (AvgIpc) is 3.40. The van der Waals surface area contributed by atoms with Gasteiger partial charge >= 0.3 is 0 Å². The van der Waals surface area contributed by atoms with Crippen molar-refractivity contribution in [3.8, 4) is 5.75 Å². The predicted octanol–water partition coefficient (Wildman–Crippen LogP) is 1.21. The van der Waals surface area contributed by atoms with Crippen molar-refractivity contribution in [2.45, 2.75) is 36.6 Å². The highest BCUT2D eigenvalue weighted by Crippen LogP contribution is 2.30. The van der Waals surface area contributed by atoms with Gasteiger partial charge in [0.25, 0.3) is 5.91 Å². The molecule has 0 bridgehead atoms. The Morgan fingerprint density at radius 3 is 2.41 bits per heavy atom. The number of fused-ring (bicyclic) bond motifs is 1. The molecule has 0 radical (unpaired) electrons. The van der Waals surface area contributed by atoms with Crippen molar-refractivity contribution < 1.29 is 17.9 Å². The molecule has 8 heteroatoms. The molecule has 3 fully saturated rings. The van der Waals surface area contributed by atoms with E-state index in [0.717, 1.165) is 51.9 Å². The minimum atomic E-state index is -3.70. The summed E-state index contributed by atoms with van der Waals surface area (Å²) in [6.45, 7) is 3.50. The summed E-state index contributed by atoms with van der Waals surface area (Å²) in [6, 6.07) is 4.69. The van der Waals surface area contributed by atoms with Gasteiger partial charge in [-0.3, -0.25) is 4.79 Å². The molecular formula is C19H27N3O4S. The number of likely N-dealkylation sites (tertiary alicyclic amines) is 1. The lowest BCUT2D eigenvalue weighted by atomic mass is 9.92. The zero-order valence-corrected chi connectivity index (χ0v) is 16.4. The number of rotatable bonds is 5. The SMILES string of the molecule is COc1ccc(C(=O)N2CC[C@@H]3CNC[C@@H]3CC2)cc1S(=O)(=O)NC1CC1. The average molecular weight is 394 g/mol. The van der Waals surface area contributed by atoms with E-state index in [2.05, 4.69) is 10.0 Å². The largest absolute Gasteiger partial charge is 0.495 e. The maximum Gasteiger partial charge on any atom is 0.253 e. The van der Waals surface area contributed by atoms with E-state index in [1.165, 1.54) is 13.2 Å². The van der Waals surface area contributed by atoms with Crippen molar-refractivity contribution in [2.75, 3.05) is 33.3 Å². The molecule has 2 heterocycles. The third kappa shape index (κ3) is 3.97. The first-order valence-electron chi connectivity index (χ1n) is 9.68. The van der Waals surface area contributed by atoms with E-state index < -0.39 is 10.0 Å². The Balaban J connectivity index is 1.56. The van der Waals surface area contributed by atoms with E-state index >= 15 is 0 Å². The number of hydrogen-bond donors (Lipinski definition) is 2. The summed E-state index contributed by atoms with van der Waals surface area (Å²) in [5, 5.41) is 3.43. The van der Waals surface area contributed by atoms with Crippen LogP contribution in [-0.2, 0) is 10.0 Å². The first-order valence-corrected chi connectivity index (χ1v) is 11.2. The monoisotopic (exact) mass is 393 g/mol. The lowest BCUT2D eigenvalue weighted by Crippen LogP contribution is -2.33. The van der Waals surface area contributed by atoms with Crippen LogP contribution in [0, 0.1) is 11.8 Å². The van der Waals surface area contributed by atoms with Gasteiger partial charge in [-0.05, 0) is 68.8 Å². The molecule has 2 saturated heterocycles. The molecule has 2 aliphatic heterocycles. The van der Waals surface area contributed by atoms with Crippen molar-refractivity contribution in [1.82, 2.24) is 14.9 Å². The van der Waals surface area contributed by atoms with Crippen LogP contribution in [0.2, 0.25) is 0 Å². The molecule has 0 spiro atoms. The van der Waals surface area contributed by atoms with Crippen LogP contribution >= 0.6 is 0 Å². The van der Waals surface area contributed by atoms with Crippen molar-refractivity contribution in [3.05, 3.63) is 23.8 Å². The molecule has 1 aromatic carbocycles. The van der Waals surface area contributed by atoms with Crippen molar-refractivity contribution in [3.63, 3.8) is 0 Å². The number of ether oxygens (including phenoxy) is 1. The van der Waals surface area contributed by atoms with E-state index in [-0.39, 0.29) is 22.6 Å². The van der Waals surface area contributed by atoms with E-state index in [0.29, 0.717) is 17.4 Å². The normalized spacial score (nSPS) is 25.7. The molecule has 3 aliphatic rings. The zero-order valence-electron chi connectivity index (χ0n) is 15.6. The fraction of sp³-hybridized carbons (Fsp3) is 0.632. The van der Waals surface area contributed by atoms with Crippen LogP contribution in [0.5, 0.6) is 5.75 Å². The number of sulfonamides is 1. The second kappa shape index (κ2) is 7.41. The smallest absolute Gasteiger partial charge is 0.253 e. The maximum absolute atomic E-state index is 13.0. The standard InChI is InChI=1S/C19H27N3O4S/c1-26-17-5-2-13(10-18(17)27(24,25)21-16-3-4-16)19(23)22-8-6-14-11-20-12-15(14)7-9-22/h2,5,10,14-16,20-21H,3-4,6-9,11-12H2,1H3/t14-,15+. The first kappa shape index (κ1) is 18.7. The van der Waals surface area contributed by atoms with Gasteiger partial charge < -0.3 is 15.0 Å². The third-order valence-corrected chi connectivity index (χ3v) is 7.45. The second-order valence-electron chi connectivity index (χ2n) is 7.81. The summed E-state index contributed by atoms with van der Waals surface area (Å²) >= 11 is 0. The molecule has 1 aromatic rings. The lowest BCUT2D eigenvalue weighted by Gasteiger charge is -2.21. The van der Waals surface area contributed by atoms with Gasteiger partial charge in [-0.1, -0.05) is 0 Å². The number of hydrogen-bond acceptors (Lipinski definition) is 5. The van der Waals surface area contributed by atoms with Crippen molar-refractivity contribution in [2.24, 2.45) is 11.8 Å². The molecule has 1 aliphatic carbocycles. The van der Waals surface area contributed by atoms with Gasteiger partial charge in [0.05, 0.1) is 7.11 Å². The van der Waals surface area contributed by atoms with Crippen molar-refractivity contribution in [1.29, 1.82) is 0 Å². The molecule has 2 N–H and O–H groups in total. The number of carbonyl (C=O) groups excluding carboxylic acids is 1. The summed E-state index contributed by atoms with van der Waals surface area (Å²) in [5.74, 6) is 1.43. The van der Waals surface area contributed by atoms with E-state index in [1.54, 1.807) is 12.1 Å². The number of nitrogens with zero attached hydrogens (tertiary/aromatic N) is 1. The molecule has 1 amide bonds. The third-order valence-electron chi connectivity index (χ3n) is 5.91. The molecule has 1 saturated carbocycles. The van der Waals surface area contributed by atoms with Gasteiger partial charge in [0.2, 0.25) is 10.0 Å². The van der Waals surface area contributed by atoms with Crippen molar-refractivity contribution >= 4 is 15.9 Å². The molecule has 27 heavy (non-hydrogen) atoms. The number of benzene rings is 1. The first-order chi connectivity index (χ1) is 13.0. The van der Waals surface area contributed by atoms with Crippen LogP contribution in [-0.4, -0.2) is 58.6 Å². The molecule has 148 valence electrons. The van der Waals surface area contributed by atoms with E-state index in [4.69, 9.17) is 4.74 Å². The molecule has 0 unspecified atom stereocenters. The number of methoxy groups -OCH3 is 1. The van der Waals surface area contributed by atoms with Crippen LogP contribution in [0.25, 0.3) is 0 Å². The molecular weight excluding hydrogens is 366 g/mol. The quantitative estimate of drug-likeness (QED) is 0.785. The topological polar surface area (TPSA) is 87.7 Å². The molecule has 4 rings (SSSR count). The van der Waals surface area contributed by atoms with Gasteiger partial charge in [0.15, 0.2) is 0 Å². The summed E-state index contributed by atoms with van der Waals surface area (Å²) in [5.41, 5.74) is 0.400. The van der Waals surface area contributed by atoms with Gasteiger partial charge in [0, 0.05) is 24.7 Å². The molecule has 2 atom stereocenters. The van der Waals surface area contributed by atoms with E-state index in [1.807, 2.05) is 4.90 Å². The van der Waals surface area contributed by atoms with Gasteiger partial charge in [0.1, 0.15) is 10.6 Å². The minimum Gasteiger partial charge on any atom is -0.495 e. The van der Waals surface area contributed by atoms with Crippen LogP contribution in [0.4, 0.5) is 0 Å². The van der Waals surface area contributed by atoms with Crippen LogP contribution in [0.1, 0.15) is 36.0 Å². The number of nitrogens with one attached hydrogen (secondary N) is 2. The zero-order chi connectivity index (χ0) is 19.0. The highest BCUT2D eigenvalue weighted by atomic mass is 32.2. The highest BCUT2D eigenvalue weighted by Gasteiger charge is 2.33.